The third-order valence-corrected chi connectivity index (χ3v) is 5.11. The predicted molar refractivity (Wildman–Crippen MR) is 105 cm³/mol. The third-order valence-electron chi connectivity index (χ3n) is 5.11. The maximum absolute atomic E-state index is 12.7. The summed E-state index contributed by atoms with van der Waals surface area (Å²) in [6.07, 6.45) is 2.30. The van der Waals surface area contributed by atoms with Crippen LogP contribution in [-0.2, 0) is 11.2 Å². The zero-order chi connectivity index (χ0) is 19.3. The molecule has 0 N–H and O–H groups in total. The molecule has 1 aliphatic rings. The van der Waals surface area contributed by atoms with Gasteiger partial charge in [-0.1, -0.05) is 35.5 Å². The Kier molecular flexibility index (Phi) is 5.37. The molecule has 144 valence electrons. The van der Waals surface area contributed by atoms with Crippen molar-refractivity contribution in [1.82, 2.24) is 15.0 Å². The first kappa shape index (κ1) is 18.2. The first-order valence-corrected chi connectivity index (χ1v) is 9.52. The summed E-state index contributed by atoms with van der Waals surface area (Å²) in [5.74, 6) is 2.17. The molecule has 1 aliphatic heterocycles. The zero-order valence-corrected chi connectivity index (χ0v) is 15.9. The number of likely N-dealkylation sites (tertiary alicyclic amines) is 1. The van der Waals surface area contributed by atoms with Crippen molar-refractivity contribution < 1.29 is 14.1 Å². The van der Waals surface area contributed by atoms with E-state index < -0.39 is 0 Å². The lowest BCUT2D eigenvalue weighted by molar-refractivity contribution is -0.131. The Bertz CT molecular complexity index is 922. The summed E-state index contributed by atoms with van der Waals surface area (Å²) in [5, 5.41) is 4.12. The fourth-order valence-electron chi connectivity index (χ4n) is 3.55. The fourth-order valence-corrected chi connectivity index (χ4v) is 3.55. The lowest BCUT2D eigenvalue weighted by Gasteiger charge is -2.31. The zero-order valence-electron chi connectivity index (χ0n) is 15.9. The van der Waals surface area contributed by atoms with Gasteiger partial charge in [-0.05, 0) is 42.7 Å². The second kappa shape index (κ2) is 8.25. The highest BCUT2D eigenvalue weighted by Gasteiger charge is 2.28. The highest BCUT2D eigenvalue weighted by Crippen LogP contribution is 2.28. The molecule has 1 saturated heterocycles. The van der Waals surface area contributed by atoms with E-state index in [4.69, 9.17) is 9.26 Å². The largest absolute Gasteiger partial charge is 0.497 e. The summed E-state index contributed by atoms with van der Waals surface area (Å²) in [4.78, 5) is 19.2. The van der Waals surface area contributed by atoms with Crippen molar-refractivity contribution in [1.29, 1.82) is 0 Å². The highest BCUT2D eigenvalue weighted by atomic mass is 16.5. The number of piperidine rings is 1. The summed E-state index contributed by atoms with van der Waals surface area (Å²) >= 11 is 0. The van der Waals surface area contributed by atoms with Gasteiger partial charge in [0.1, 0.15) is 5.75 Å². The van der Waals surface area contributed by atoms with Gasteiger partial charge in [0.05, 0.1) is 19.4 Å². The molecule has 1 atom stereocenters. The molecule has 6 heteroatoms. The Labute approximate surface area is 164 Å². The number of ether oxygens (including phenoxy) is 1. The van der Waals surface area contributed by atoms with Gasteiger partial charge >= 0.3 is 0 Å². The van der Waals surface area contributed by atoms with Gasteiger partial charge < -0.3 is 14.2 Å². The van der Waals surface area contributed by atoms with Crippen molar-refractivity contribution in [3.8, 4) is 17.1 Å². The summed E-state index contributed by atoms with van der Waals surface area (Å²) in [7, 11) is 1.63. The second-order valence-electron chi connectivity index (χ2n) is 7.03. The highest BCUT2D eigenvalue weighted by molar-refractivity contribution is 5.79. The van der Waals surface area contributed by atoms with Crippen LogP contribution in [0.3, 0.4) is 0 Å². The summed E-state index contributed by atoms with van der Waals surface area (Å²) < 4.78 is 10.7. The SMILES string of the molecule is COc1ccc(-c2noc(C3CCCN(C(=O)Cc4ccccc4)C3)n2)cc1. The lowest BCUT2D eigenvalue weighted by Crippen LogP contribution is -2.40. The number of carbonyl (C=O) groups is 1. The van der Waals surface area contributed by atoms with Crippen LogP contribution >= 0.6 is 0 Å². The predicted octanol–water partition coefficient (Wildman–Crippen LogP) is 3.69. The van der Waals surface area contributed by atoms with E-state index in [-0.39, 0.29) is 11.8 Å². The second-order valence-corrected chi connectivity index (χ2v) is 7.03. The fraction of sp³-hybridized carbons (Fsp3) is 0.318. The minimum atomic E-state index is 0.0768. The lowest BCUT2D eigenvalue weighted by atomic mass is 9.97. The number of methoxy groups -OCH3 is 1. The number of aromatic nitrogens is 2. The molecule has 0 bridgehead atoms. The molecule has 4 rings (SSSR count). The van der Waals surface area contributed by atoms with E-state index in [9.17, 15) is 4.79 Å². The summed E-state index contributed by atoms with van der Waals surface area (Å²) in [6, 6.07) is 17.4. The van der Waals surface area contributed by atoms with Crippen molar-refractivity contribution in [2.45, 2.75) is 25.2 Å². The van der Waals surface area contributed by atoms with E-state index >= 15 is 0 Å². The molecule has 2 aromatic carbocycles. The molecule has 1 unspecified atom stereocenters. The maximum Gasteiger partial charge on any atom is 0.231 e. The number of amides is 1. The molecule has 0 aliphatic carbocycles. The molecule has 3 aromatic rings. The molecule has 1 aromatic heterocycles. The molecule has 0 radical (unpaired) electrons. The summed E-state index contributed by atoms with van der Waals surface area (Å²) in [5.41, 5.74) is 1.91. The molecule has 1 amide bonds. The van der Waals surface area contributed by atoms with Crippen LogP contribution in [0, 0.1) is 0 Å². The Morgan fingerprint density at radius 3 is 2.71 bits per heavy atom. The van der Waals surface area contributed by atoms with Gasteiger partial charge in [0.15, 0.2) is 0 Å². The van der Waals surface area contributed by atoms with Crippen LogP contribution in [0.5, 0.6) is 5.75 Å². The number of benzene rings is 2. The van der Waals surface area contributed by atoms with Gasteiger partial charge in [-0.3, -0.25) is 4.79 Å². The Morgan fingerprint density at radius 1 is 1.18 bits per heavy atom. The normalized spacial score (nSPS) is 16.8. The molecule has 28 heavy (non-hydrogen) atoms. The first-order chi connectivity index (χ1) is 13.7. The quantitative estimate of drug-likeness (QED) is 0.678. The van der Waals surface area contributed by atoms with Gasteiger partial charge in [0.25, 0.3) is 0 Å². The minimum Gasteiger partial charge on any atom is -0.497 e. The van der Waals surface area contributed by atoms with Crippen LogP contribution in [-0.4, -0.2) is 41.1 Å². The van der Waals surface area contributed by atoms with Crippen molar-refractivity contribution in [3.63, 3.8) is 0 Å². The molecule has 0 saturated carbocycles. The van der Waals surface area contributed by atoms with Gasteiger partial charge in [0, 0.05) is 18.7 Å². The average molecular weight is 377 g/mol. The van der Waals surface area contributed by atoms with Crippen LogP contribution in [0.1, 0.15) is 30.2 Å². The monoisotopic (exact) mass is 377 g/mol. The number of rotatable bonds is 5. The molecule has 0 spiro atoms. The molecule has 6 nitrogen and oxygen atoms in total. The van der Waals surface area contributed by atoms with Crippen LogP contribution < -0.4 is 4.74 Å². The standard InChI is InChI=1S/C22H23N3O3/c1-27-19-11-9-17(10-12-19)21-23-22(28-24-21)18-8-5-13-25(15-18)20(26)14-16-6-3-2-4-7-16/h2-4,6-7,9-12,18H,5,8,13-15H2,1H3. The van der Waals surface area contributed by atoms with Gasteiger partial charge in [-0.15, -0.1) is 0 Å². The maximum atomic E-state index is 12.7. The van der Waals surface area contributed by atoms with Gasteiger partial charge in [-0.25, -0.2) is 0 Å². The molecular formula is C22H23N3O3. The smallest absolute Gasteiger partial charge is 0.231 e. The van der Waals surface area contributed by atoms with Crippen LogP contribution in [0.2, 0.25) is 0 Å². The molecule has 1 fully saturated rings. The average Bonchev–Trinajstić information content (AvgIpc) is 3.25. The van der Waals surface area contributed by atoms with E-state index in [2.05, 4.69) is 10.1 Å². The summed E-state index contributed by atoms with van der Waals surface area (Å²) in [6.45, 7) is 1.40. The van der Waals surface area contributed by atoms with E-state index in [1.54, 1.807) is 7.11 Å². The van der Waals surface area contributed by atoms with E-state index in [0.717, 1.165) is 36.3 Å². The molecule has 2 heterocycles. The van der Waals surface area contributed by atoms with Gasteiger partial charge in [-0.2, -0.15) is 4.98 Å². The van der Waals surface area contributed by atoms with Gasteiger partial charge in [0.2, 0.25) is 17.6 Å². The van der Waals surface area contributed by atoms with Crippen LogP contribution in [0.25, 0.3) is 11.4 Å². The Balaban J connectivity index is 1.43. The van der Waals surface area contributed by atoms with E-state index in [1.807, 2.05) is 59.5 Å². The van der Waals surface area contributed by atoms with Crippen LogP contribution in [0.4, 0.5) is 0 Å². The third kappa shape index (κ3) is 4.06. The number of nitrogens with zero attached hydrogens (tertiary/aromatic N) is 3. The van der Waals surface area contributed by atoms with Crippen molar-refractivity contribution in [3.05, 3.63) is 66.1 Å². The Hall–Kier alpha value is -3.15. The number of hydrogen-bond acceptors (Lipinski definition) is 5. The topological polar surface area (TPSA) is 68.5 Å². The molecular weight excluding hydrogens is 354 g/mol. The van der Waals surface area contributed by atoms with Crippen molar-refractivity contribution in [2.75, 3.05) is 20.2 Å². The Morgan fingerprint density at radius 2 is 1.96 bits per heavy atom. The number of carbonyl (C=O) groups excluding carboxylic acids is 1. The van der Waals surface area contributed by atoms with E-state index in [0.29, 0.717) is 24.7 Å². The van der Waals surface area contributed by atoms with Crippen LogP contribution in [0.15, 0.2) is 59.1 Å². The van der Waals surface area contributed by atoms with E-state index in [1.165, 1.54) is 0 Å². The number of hydrogen-bond donors (Lipinski definition) is 0. The van der Waals surface area contributed by atoms with Crippen molar-refractivity contribution >= 4 is 5.91 Å². The minimum absolute atomic E-state index is 0.0768. The van der Waals surface area contributed by atoms with Crippen molar-refractivity contribution in [2.24, 2.45) is 0 Å². The first-order valence-electron chi connectivity index (χ1n) is 9.52.